The molecule has 1 N–H and O–H groups in total. The summed E-state index contributed by atoms with van der Waals surface area (Å²) in [5.41, 5.74) is 0. The molecule has 1 aromatic heterocycles. The molecule has 0 saturated carbocycles. The van der Waals surface area contributed by atoms with E-state index in [-0.39, 0.29) is 6.10 Å². The van der Waals surface area contributed by atoms with Crippen LogP contribution in [-0.4, -0.2) is 21.4 Å². The Hall–Kier alpha value is -0.680. The van der Waals surface area contributed by atoms with Crippen molar-refractivity contribution >= 4 is 12.2 Å². The van der Waals surface area contributed by atoms with Gasteiger partial charge in [0.2, 0.25) is 0 Å². The molecule has 1 saturated heterocycles. The average molecular weight is 227 g/mol. The van der Waals surface area contributed by atoms with Crippen LogP contribution in [0.3, 0.4) is 0 Å². The largest absolute Gasteiger partial charge is 0.370 e. The lowest BCUT2D eigenvalue weighted by molar-refractivity contribution is 0.101. The van der Waals surface area contributed by atoms with Crippen molar-refractivity contribution in [2.45, 2.75) is 39.3 Å². The molecular weight excluding hydrogens is 210 g/mol. The molecule has 84 valence electrons. The van der Waals surface area contributed by atoms with Crippen molar-refractivity contribution in [3.05, 3.63) is 10.6 Å². The number of nitrogens with zero attached hydrogens (tertiary/aromatic N) is 2. The molecule has 1 aliphatic heterocycles. The van der Waals surface area contributed by atoms with Gasteiger partial charge in [-0.1, -0.05) is 13.8 Å². The lowest BCUT2D eigenvalue weighted by Gasteiger charge is -2.12. The standard InChI is InChI=1S/C10H17N3OS/c1-7(2)6-13-9(11-12-10(13)15)8-4-3-5-14-8/h7-8H,3-6H2,1-2H3,(H,12,15). The Kier molecular flexibility index (Phi) is 3.21. The van der Waals surface area contributed by atoms with E-state index < -0.39 is 0 Å². The molecule has 0 radical (unpaired) electrons. The van der Waals surface area contributed by atoms with Crippen LogP contribution in [0.2, 0.25) is 0 Å². The van der Waals surface area contributed by atoms with E-state index in [1.165, 1.54) is 0 Å². The van der Waals surface area contributed by atoms with E-state index in [1.54, 1.807) is 0 Å². The molecule has 1 unspecified atom stereocenters. The van der Waals surface area contributed by atoms with Gasteiger partial charge in [-0.15, -0.1) is 0 Å². The van der Waals surface area contributed by atoms with Crippen molar-refractivity contribution < 1.29 is 4.74 Å². The van der Waals surface area contributed by atoms with Gasteiger partial charge in [0, 0.05) is 13.2 Å². The van der Waals surface area contributed by atoms with Gasteiger partial charge < -0.3 is 9.30 Å². The van der Waals surface area contributed by atoms with E-state index in [0.717, 1.165) is 31.8 Å². The summed E-state index contributed by atoms with van der Waals surface area (Å²) in [5.74, 6) is 1.53. The molecule has 2 rings (SSSR count). The molecule has 1 atom stereocenters. The minimum absolute atomic E-state index is 0.136. The normalized spacial score (nSPS) is 21.4. The Morgan fingerprint density at radius 1 is 1.67 bits per heavy atom. The number of nitrogens with one attached hydrogen (secondary N) is 1. The molecule has 1 aromatic rings. The molecule has 5 heteroatoms. The molecular formula is C10H17N3OS. The maximum absolute atomic E-state index is 5.62. The first-order valence-corrected chi connectivity index (χ1v) is 5.86. The Labute approximate surface area is 94.6 Å². The fourth-order valence-electron chi connectivity index (χ4n) is 1.90. The lowest BCUT2D eigenvalue weighted by atomic mass is 10.2. The number of hydrogen-bond donors (Lipinski definition) is 1. The third-order valence-electron chi connectivity index (χ3n) is 2.55. The quantitative estimate of drug-likeness (QED) is 0.807. The summed E-state index contributed by atoms with van der Waals surface area (Å²) < 4.78 is 8.39. The van der Waals surface area contributed by atoms with Gasteiger partial charge in [-0.05, 0) is 31.0 Å². The van der Waals surface area contributed by atoms with Crippen molar-refractivity contribution in [1.29, 1.82) is 0 Å². The second kappa shape index (κ2) is 4.45. The van der Waals surface area contributed by atoms with Gasteiger partial charge in [0.1, 0.15) is 6.10 Å². The molecule has 0 spiro atoms. The minimum Gasteiger partial charge on any atom is -0.370 e. The number of H-pyrrole nitrogens is 1. The van der Waals surface area contributed by atoms with E-state index in [0.29, 0.717) is 10.7 Å². The number of rotatable bonds is 3. The van der Waals surface area contributed by atoms with Crippen LogP contribution in [0.1, 0.15) is 38.6 Å². The molecule has 1 fully saturated rings. The minimum atomic E-state index is 0.136. The van der Waals surface area contributed by atoms with Crippen LogP contribution in [0.25, 0.3) is 0 Å². The van der Waals surface area contributed by atoms with Crippen molar-refractivity contribution in [2.75, 3.05) is 6.61 Å². The molecule has 0 bridgehead atoms. The highest BCUT2D eigenvalue weighted by molar-refractivity contribution is 7.71. The van der Waals surface area contributed by atoms with Crippen LogP contribution in [0.5, 0.6) is 0 Å². The third kappa shape index (κ3) is 2.29. The second-order valence-corrected chi connectivity index (χ2v) is 4.78. The fourth-order valence-corrected chi connectivity index (χ4v) is 2.11. The Balaban J connectivity index is 2.26. The highest BCUT2D eigenvalue weighted by atomic mass is 32.1. The summed E-state index contributed by atoms with van der Waals surface area (Å²) in [6.45, 7) is 6.10. The molecule has 0 aliphatic carbocycles. The van der Waals surface area contributed by atoms with Gasteiger partial charge in [0.25, 0.3) is 0 Å². The van der Waals surface area contributed by atoms with E-state index >= 15 is 0 Å². The Bertz CT molecular complexity index is 376. The summed E-state index contributed by atoms with van der Waals surface area (Å²) in [6.07, 6.45) is 2.31. The topological polar surface area (TPSA) is 42.8 Å². The van der Waals surface area contributed by atoms with Gasteiger partial charge in [-0.2, -0.15) is 5.10 Å². The van der Waals surface area contributed by atoms with E-state index in [1.807, 2.05) is 0 Å². The van der Waals surface area contributed by atoms with Gasteiger partial charge in [-0.3, -0.25) is 5.10 Å². The first kappa shape index (κ1) is 10.8. The van der Waals surface area contributed by atoms with Crippen molar-refractivity contribution in [2.24, 2.45) is 5.92 Å². The average Bonchev–Trinajstić information content (AvgIpc) is 2.76. The van der Waals surface area contributed by atoms with Crippen LogP contribution in [0.15, 0.2) is 0 Å². The summed E-state index contributed by atoms with van der Waals surface area (Å²) in [7, 11) is 0. The van der Waals surface area contributed by atoms with Crippen molar-refractivity contribution in [3.63, 3.8) is 0 Å². The van der Waals surface area contributed by atoms with E-state index in [4.69, 9.17) is 17.0 Å². The number of aromatic amines is 1. The highest BCUT2D eigenvalue weighted by Crippen LogP contribution is 2.27. The van der Waals surface area contributed by atoms with Gasteiger partial charge in [0.05, 0.1) is 0 Å². The van der Waals surface area contributed by atoms with Crippen molar-refractivity contribution in [1.82, 2.24) is 14.8 Å². The molecule has 15 heavy (non-hydrogen) atoms. The lowest BCUT2D eigenvalue weighted by Crippen LogP contribution is -2.12. The van der Waals surface area contributed by atoms with Gasteiger partial charge >= 0.3 is 0 Å². The van der Waals surface area contributed by atoms with Gasteiger partial charge in [-0.25, -0.2) is 0 Å². The molecule has 0 aromatic carbocycles. The number of hydrogen-bond acceptors (Lipinski definition) is 3. The number of ether oxygens (including phenoxy) is 1. The highest BCUT2D eigenvalue weighted by Gasteiger charge is 2.23. The molecule has 0 amide bonds. The van der Waals surface area contributed by atoms with Crippen LogP contribution in [0.4, 0.5) is 0 Å². The Morgan fingerprint density at radius 2 is 2.47 bits per heavy atom. The van der Waals surface area contributed by atoms with Crippen LogP contribution >= 0.6 is 12.2 Å². The molecule has 4 nitrogen and oxygen atoms in total. The van der Waals surface area contributed by atoms with Crippen LogP contribution in [-0.2, 0) is 11.3 Å². The van der Waals surface area contributed by atoms with E-state index in [2.05, 4.69) is 28.6 Å². The summed E-state index contributed by atoms with van der Waals surface area (Å²) in [5, 5.41) is 7.13. The van der Waals surface area contributed by atoms with Crippen molar-refractivity contribution in [3.8, 4) is 0 Å². The zero-order chi connectivity index (χ0) is 10.8. The SMILES string of the molecule is CC(C)Cn1c(C2CCCO2)n[nH]c1=S. The molecule has 1 aliphatic rings. The first-order valence-electron chi connectivity index (χ1n) is 5.45. The fraction of sp³-hybridized carbons (Fsp3) is 0.800. The maximum Gasteiger partial charge on any atom is 0.195 e. The Morgan fingerprint density at radius 3 is 3.07 bits per heavy atom. The summed E-state index contributed by atoms with van der Waals surface area (Å²) >= 11 is 5.22. The predicted octanol–water partition coefficient (Wildman–Crippen LogP) is 2.45. The van der Waals surface area contributed by atoms with Crippen LogP contribution < -0.4 is 0 Å². The second-order valence-electron chi connectivity index (χ2n) is 4.39. The predicted molar refractivity (Wildman–Crippen MR) is 60.2 cm³/mol. The zero-order valence-corrected chi connectivity index (χ0v) is 10.0. The van der Waals surface area contributed by atoms with Gasteiger partial charge in [0.15, 0.2) is 10.6 Å². The maximum atomic E-state index is 5.62. The monoisotopic (exact) mass is 227 g/mol. The summed E-state index contributed by atoms with van der Waals surface area (Å²) in [6, 6.07) is 0. The summed E-state index contributed by atoms with van der Waals surface area (Å²) in [4.78, 5) is 0. The smallest absolute Gasteiger partial charge is 0.195 e. The van der Waals surface area contributed by atoms with Crippen LogP contribution in [0, 0.1) is 10.7 Å². The third-order valence-corrected chi connectivity index (χ3v) is 2.86. The van der Waals surface area contributed by atoms with E-state index in [9.17, 15) is 0 Å². The molecule has 2 heterocycles. The zero-order valence-electron chi connectivity index (χ0n) is 9.19. The number of aromatic nitrogens is 3. The first-order chi connectivity index (χ1) is 7.18.